The first-order valence-corrected chi connectivity index (χ1v) is 32.9. The van der Waals surface area contributed by atoms with Crippen molar-refractivity contribution < 1.29 is 42.9 Å². The Kier molecular flexibility index (Phi) is 60.1. The molecule has 0 spiro atoms. The fourth-order valence-corrected chi connectivity index (χ4v) is 8.18. The van der Waals surface area contributed by atoms with Crippen LogP contribution in [0.3, 0.4) is 0 Å². The standard InChI is InChI=1S/C76H119NO8/c1-6-8-10-12-14-16-18-20-22-24-26-28-29-30-31-32-33-34-35-36-37-38-39-40-41-42-43-44-45-47-49-51-53-55-57-59-61-63-65-67-74(79)85-72(71-84-76(75(80)81)82-69-68-77(3,4)5)70-83-73(78)66-64-62-60-58-56-54-52-50-48-46-27-25-23-21-19-17-15-13-11-9-7-2/h8-11,14-17,20-23,26-28,30-31,33-34,36-37,39-40,42-43,45-47,51,53,72,76H,6-7,12-13,18-19,24-25,29,32,35,38,41,44,48-50,52,54-71H2,1-5H3/p+1/b10-8-,11-9-,16-14-,17-15-,22-20-,23-21-,28-26-,31-30-,34-33-,37-36-,40-39-,43-42-,46-27-,47-45-,53-51-. The number of ether oxygens (including phenoxy) is 4. The molecule has 0 saturated heterocycles. The van der Waals surface area contributed by atoms with Gasteiger partial charge >= 0.3 is 17.9 Å². The van der Waals surface area contributed by atoms with Gasteiger partial charge < -0.3 is 28.5 Å². The Hall–Kier alpha value is -5.61. The number of esters is 2. The number of hydrogen-bond donors (Lipinski definition) is 1. The van der Waals surface area contributed by atoms with Crippen molar-refractivity contribution in [1.29, 1.82) is 0 Å². The summed E-state index contributed by atoms with van der Waals surface area (Å²) < 4.78 is 22.9. The van der Waals surface area contributed by atoms with E-state index in [0.29, 0.717) is 17.4 Å². The molecular formula is C76H120NO8+. The van der Waals surface area contributed by atoms with Crippen LogP contribution in [0.2, 0.25) is 0 Å². The maximum absolute atomic E-state index is 12.9. The molecule has 0 aliphatic rings. The lowest BCUT2D eigenvalue weighted by Gasteiger charge is -2.25. The summed E-state index contributed by atoms with van der Waals surface area (Å²) in [5.74, 6) is -2.06. The molecule has 0 saturated carbocycles. The van der Waals surface area contributed by atoms with Crippen molar-refractivity contribution in [2.75, 3.05) is 47.5 Å². The summed E-state index contributed by atoms with van der Waals surface area (Å²) >= 11 is 0. The number of carboxylic acids is 1. The number of aliphatic carboxylic acids is 1. The minimum absolute atomic E-state index is 0.172. The maximum atomic E-state index is 12.9. The predicted octanol–water partition coefficient (Wildman–Crippen LogP) is 20.5. The highest BCUT2D eigenvalue weighted by Gasteiger charge is 2.25. The van der Waals surface area contributed by atoms with Gasteiger partial charge in [-0.05, 0) is 135 Å². The van der Waals surface area contributed by atoms with Crippen LogP contribution in [-0.4, -0.2) is 87.4 Å². The molecule has 0 heterocycles. The molecule has 0 amide bonds. The Labute approximate surface area is 519 Å². The van der Waals surface area contributed by atoms with Crippen molar-refractivity contribution in [1.82, 2.24) is 0 Å². The fraction of sp³-hybridized carbons (Fsp3) is 0.566. The van der Waals surface area contributed by atoms with E-state index in [2.05, 4.69) is 196 Å². The van der Waals surface area contributed by atoms with Crippen LogP contribution in [0, 0.1) is 0 Å². The lowest BCUT2D eigenvalue weighted by Crippen LogP contribution is -2.40. The number of likely N-dealkylation sites (N-methyl/N-ethyl adjacent to an activating group) is 1. The third-order valence-electron chi connectivity index (χ3n) is 13.2. The summed E-state index contributed by atoms with van der Waals surface area (Å²) in [4.78, 5) is 37.5. The molecule has 2 unspecified atom stereocenters. The van der Waals surface area contributed by atoms with Gasteiger partial charge in [0.2, 0.25) is 0 Å². The smallest absolute Gasteiger partial charge is 0.361 e. The third kappa shape index (κ3) is 65.8. The van der Waals surface area contributed by atoms with E-state index in [1.54, 1.807) is 0 Å². The maximum Gasteiger partial charge on any atom is 0.361 e. The minimum atomic E-state index is -1.53. The highest BCUT2D eigenvalue weighted by Crippen LogP contribution is 2.14. The predicted molar refractivity (Wildman–Crippen MR) is 363 cm³/mol. The second kappa shape index (κ2) is 64.4. The minimum Gasteiger partial charge on any atom is -0.477 e. The largest absolute Gasteiger partial charge is 0.477 e. The molecule has 0 fully saturated rings. The van der Waals surface area contributed by atoms with Gasteiger partial charge in [0.1, 0.15) is 13.2 Å². The number of allylic oxidation sites excluding steroid dienone is 30. The molecule has 0 aliphatic carbocycles. The van der Waals surface area contributed by atoms with Gasteiger partial charge in [0.15, 0.2) is 6.10 Å². The fourth-order valence-electron chi connectivity index (χ4n) is 8.18. The molecule has 0 aromatic carbocycles. The zero-order chi connectivity index (χ0) is 61.9. The topological polar surface area (TPSA) is 108 Å². The Bertz CT molecular complexity index is 2050. The van der Waals surface area contributed by atoms with Gasteiger partial charge in [0.05, 0.1) is 34.4 Å². The van der Waals surface area contributed by atoms with Gasteiger partial charge in [-0.3, -0.25) is 9.59 Å². The zero-order valence-corrected chi connectivity index (χ0v) is 54.2. The van der Waals surface area contributed by atoms with E-state index >= 15 is 0 Å². The first-order valence-electron chi connectivity index (χ1n) is 32.9. The molecule has 85 heavy (non-hydrogen) atoms. The number of quaternary nitrogens is 1. The number of carbonyl (C=O) groups excluding carboxylic acids is 2. The Morgan fingerprint density at radius 2 is 0.635 bits per heavy atom. The van der Waals surface area contributed by atoms with Crippen LogP contribution in [0.1, 0.15) is 219 Å². The number of unbranched alkanes of at least 4 members (excludes halogenated alkanes) is 13. The van der Waals surface area contributed by atoms with Crippen molar-refractivity contribution in [2.45, 2.75) is 232 Å². The van der Waals surface area contributed by atoms with Crippen LogP contribution < -0.4 is 0 Å². The van der Waals surface area contributed by atoms with E-state index in [9.17, 15) is 19.5 Å². The Morgan fingerprint density at radius 1 is 0.353 bits per heavy atom. The lowest BCUT2D eigenvalue weighted by molar-refractivity contribution is -0.870. The van der Waals surface area contributed by atoms with E-state index in [-0.39, 0.29) is 38.6 Å². The van der Waals surface area contributed by atoms with Crippen molar-refractivity contribution in [2.24, 2.45) is 0 Å². The second-order valence-electron chi connectivity index (χ2n) is 22.3. The van der Waals surface area contributed by atoms with E-state index < -0.39 is 24.3 Å². The number of carboxylic acid groups (broad SMARTS) is 1. The summed E-state index contributed by atoms with van der Waals surface area (Å²) in [7, 11) is 5.95. The van der Waals surface area contributed by atoms with Crippen LogP contribution in [0.25, 0.3) is 0 Å². The van der Waals surface area contributed by atoms with E-state index in [1.807, 2.05) is 21.1 Å². The van der Waals surface area contributed by atoms with Gasteiger partial charge in [-0.25, -0.2) is 4.79 Å². The zero-order valence-electron chi connectivity index (χ0n) is 54.2. The molecule has 9 heteroatoms. The van der Waals surface area contributed by atoms with Crippen molar-refractivity contribution in [3.63, 3.8) is 0 Å². The monoisotopic (exact) mass is 1170 g/mol. The number of rotatable bonds is 58. The SMILES string of the molecule is CC/C=C\C/C=C\C/C=C\C/C=C\C/C=C\C/C=C\C/C=C\C/C=C\C/C=C\C/C=C\C/C=C\CCCCCCCC(=O)OC(COC(=O)CCCCCCCCCC/C=C\C/C=C\C/C=C\C/C=C\CC)COC(OCC[N+](C)(C)C)C(=O)O. The lowest BCUT2D eigenvalue weighted by atomic mass is 10.1. The summed E-state index contributed by atoms with van der Waals surface area (Å²) in [6.45, 7) is 4.59. The first kappa shape index (κ1) is 79.4. The highest BCUT2D eigenvalue weighted by molar-refractivity contribution is 5.71. The first-order chi connectivity index (χ1) is 41.6. The quantitative estimate of drug-likeness (QED) is 0.0211. The van der Waals surface area contributed by atoms with Crippen molar-refractivity contribution in [3.05, 3.63) is 182 Å². The van der Waals surface area contributed by atoms with Crippen molar-refractivity contribution >= 4 is 17.9 Å². The average molecular weight is 1180 g/mol. The summed E-state index contributed by atoms with van der Waals surface area (Å²) in [6, 6.07) is 0. The molecule has 2 atom stereocenters. The number of hydrogen-bond acceptors (Lipinski definition) is 7. The van der Waals surface area contributed by atoms with Gasteiger partial charge in [-0.15, -0.1) is 0 Å². The highest BCUT2D eigenvalue weighted by atomic mass is 16.7. The molecule has 0 radical (unpaired) electrons. The second-order valence-corrected chi connectivity index (χ2v) is 22.3. The van der Waals surface area contributed by atoms with Crippen LogP contribution in [0.5, 0.6) is 0 Å². The molecular weight excluding hydrogens is 1050 g/mol. The third-order valence-corrected chi connectivity index (χ3v) is 13.2. The summed E-state index contributed by atoms with van der Waals surface area (Å²) in [6.07, 6.45) is 95.5. The van der Waals surface area contributed by atoms with Crippen LogP contribution in [0.15, 0.2) is 182 Å². The molecule has 0 bridgehead atoms. The molecule has 0 aromatic heterocycles. The summed E-state index contributed by atoms with van der Waals surface area (Å²) in [5.41, 5.74) is 0. The molecule has 476 valence electrons. The van der Waals surface area contributed by atoms with Gasteiger partial charge in [-0.2, -0.15) is 0 Å². The normalized spacial score (nSPS) is 13.9. The number of nitrogens with zero attached hydrogens (tertiary/aromatic N) is 1. The Balaban J connectivity index is 4.27. The number of carbonyl (C=O) groups is 3. The molecule has 0 rings (SSSR count). The average Bonchev–Trinajstić information content (AvgIpc) is 3.49. The van der Waals surface area contributed by atoms with Gasteiger partial charge in [0, 0.05) is 12.8 Å². The van der Waals surface area contributed by atoms with Gasteiger partial charge in [0.25, 0.3) is 6.29 Å². The molecule has 9 nitrogen and oxygen atoms in total. The van der Waals surface area contributed by atoms with Gasteiger partial charge in [-0.1, -0.05) is 254 Å². The van der Waals surface area contributed by atoms with E-state index in [1.165, 1.54) is 25.7 Å². The van der Waals surface area contributed by atoms with Crippen LogP contribution in [0.4, 0.5) is 0 Å². The van der Waals surface area contributed by atoms with Crippen LogP contribution in [-0.2, 0) is 33.3 Å². The molecule has 1 N–H and O–H groups in total. The summed E-state index contributed by atoms with van der Waals surface area (Å²) in [5, 5.41) is 9.73. The van der Waals surface area contributed by atoms with Crippen LogP contribution >= 0.6 is 0 Å². The van der Waals surface area contributed by atoms with Crippen molar-refractivity contribution in [3.8, 4) is 0 Å². The van der Waals surface area contributed by atoms with E-state index in [0.717, 1.165) is 161 Å². The van der Waals surface area contributed by atoms with E-state index in [4.69, 9.17) is 18.9 Å². The molecule has 0 aromatic rings. The Morgan fingerprint density at radius 3 is 0.941 bits per heavy atom. The molecule has 0 aliphatic heterocycles.